The smallest absolute Gasteiger partial charge is 0.0669 e. The average molecular weight is 282 g/mol. The van der Waals surface area contributed by atoms with E-state index in [2.05, 4.69) is 35.2 Å². The van der Waals surface area contributed by atoms with Crippen LogP contribution in [0.5, 0.6) is 0 Å². The molecule has 0 aromatic heterocycles. The summed E-state index contributed by atoms with van der Waals surface area (Å²) in [6.07, 6.45) is 10.7. The van der Waals surface area contributed by atoms with Gasteiger partial charge in [-0.05, 0) is 55.3 Å². The van der Waals surface area contributed by atoms with Gasteiger partial charge in [0.25, 0.3) is 0 Å². The highest BCUT2D eigenvalue weighted by molar-refractivity contribution is 5.24. The SMILES string of the molecule is N#CCc1ccc(CN2CCC3(CCCCC3)CC2)cc1. The van der Waals surface area contributed by atoms with Gasteiger partial charge < -0.3 is 0 Å². The zero-order chi connectivity index (χ0) is 14.5. The van der Waals surface area contributed by atoms with E-state index in [1.807, 2.05) is 0 Å². The summed E-state index contributed by atoms with van der Waals surface area (Å²) in [5.41, 5.74) is 3.21. The van der Waals surface area contributed by atoms with Crippen LogP contribution >= 0.6 is 0 Å². The molecule has 0 atom stereocenters. The molecular formula is C19H26N2. The number of benzene rings is 1. The van der Waals surface area contributed by atoms with Crippen molar-refractivity contribution >= 4 is 0 Å². The quantitative estimate of drug-likeness (QED) is 0.826. The van der Waals surface area contributed by atoms with Crippen LogP contribution in [0.3, 0.4) is 0 Å². The molecule has 0 amide bonds. The van der Waals surface area contributed by atoms with Crippen molar-refractivity contribution in [2.24, 2.45) is 5.41 Å². The zero-order valence-electron chi connectivity index (χ0n) is 13.0. The number of hydrogen-bond donors (Lipinski definition) is 0. The van der Waals surface area contributed by atoms with Crippen LogP contribution in [-0.2, 0) is 13.0 Å². The van der Waals surface area contributed by atoms with E-state index >= 15 is 0 Å². The molecule has 3 rings (SSSR count). The molecule has 1 aliphatic carbocycles. The summed E-state index contributed by atoms with van der Waals surface area (Å²) in [5.74, 6) is 0. The number of likely N-dealkylation sites (tertiary alicyclic amines) is 1. The van der Waals surface area contributed by atoms with Crippen LogP contribution < -0.4 is 0 Å². The zero-order valence-corrected chi connectivity index (χ0v) is 13.0. The number of rotatable bonds is 3. The van der Waals surface area contributed by atoms with Crippen LogP contribution in [0, 0.1) is 16.7 Å². The molecule has 1 saturated heterocycles. The first-order valence-electron chi connectivity index (χ1n) is 8.47. The standard InChI is InChI=1S/C19H26N2/c20-13-8-17-4-6-18(7-5-17)16-21-14-11-19(12-15-21)9-2-1-3-10-19/h4-7H,1-3,8-12,14-16H2. The van der Waals surface area contributed by atoms with Crippen LogP contribution in [-0.4, -0.2) is 18.0 Å². The van der Waals surface area contributed by atoms with E-state index in [0.717, 1.165) is 12.1 Å². The van der Waals surface area contributed by atoms with Crippen molar-refractivity contribution in [3.8, 4) is 6.07 Å². The molecule has 1 aromatic rings. The molecule has 1 heterocycles. The fraction of sp³-hybridized carbons (Fsp3) is 0.632. The van der Waals surface area contributed by atoms with E-state index in [1.165, 1.54) is 63.6 Å². The molecule has 2 heteroatoms. The number of piperidine rings is 1. The highest BCUT2D eigenvalue weighted by Gasteiger charge is 2.35. The molecular weight excluding hydrogens is 256 g/mol. The minimum Gasteiger partial charge on any atom is -0.299 e. The van der Waals surface area contributed by atoms with E-state index in [4.69, 9.17) is 5.26 Å². The number of nitrogens with zero attached hydrogens (tertiary/aromatic N) is 2. The number of hydrogen-bond acceptors (Lipinski definition) is 2. The lowest BCUT2D eigenvalue weighted by Gasteiger charge is -2.44. The minimum absolute atomic E-state index is 0.520. The van der Waals surface area contributed by atoms with Crippen molar-refractivity contribution in [1.29, 1.82) is 5.26 Å². The van der Waals surface area contributed by atoms with Crippen LogP contribution in [0.15, 0.2) is 24.3 Å². The third-order valence-corrected chi connectivity index (χ3v) is 5.54. The topological polar surface area (TPSA) is 27.0 Å². The van der Waals surface area contributed by atoms with Gasteiger partial charge in [-0.1, -0.05) is 43.5 Å². The largest absolute Gasteiger partial charge is 0.299 e. The van der Waals surface area contributed by atoms with Crippen LogP contribution in [0.25, 0.3) is 0 Å². The molecule has 21 heavy (non-hydrogen) atoms. The van der Waals surface area contributed by atoms with Crippen LogP contribution in [0.4, 0.5) is 0 Å². The third kappa shape index (κ3) is 3.66. The Bertz CT molecular complexity index is 481. The van der Waals surface area contributed by atoms with Gasteiger partial charge in [0.05, 0.1) is 12.5 Å². The molecule has 0 bridgehead atoms. The Morgan fingerprint density at radius 2 is 1.52 bits per heavy atom. The summed E-state index contributed by atoms with van der Waals surface area (Å²) >= 11 is 0. The van der Waals surface area contributed by atoms with Crippen molar-refractivity contribution < 1.29 is 0 Å². The molecule has 1 spiro atoms. The van der Waals surface area contributed by atoms with Gasteiger partial charge in [0.2, 0.25) is 0 Å². The van der Waals surface area contributed by atoms with Crippen molar-refractivity contribution in [2.75, 3.05) is 13.1 Å². The van der Waals surface area contributed by atoms with E-state index in [1.54, 1.807) is 0 Å². The monoisotopic (exact) mass is 282 g/mol. The lowest BCUT2D eigenvalue weighted by molar-refractivity contribution is 0.0641. The Morgan fingerprint density at radius 3 is 2.14 bits per heavy atom. The van der Waals surface area contributed by atoms with Crippen molar-refractivity contribution in [1.82, 2.24) is 4.90 Å². The second-order valence-corrected chi connectivity index (χ2v) is 6.99. The van der Waals surface area contributed by atoms with E-state index in [0.29, 0.717) is 11.8 Å². The molecule has 0 radical (unpaired) electrons. The summed E-state index contributed by atoms with van der Waals surface area (Å²) in [4.78, 5) is 2.61. The second kappa shape index (κ2) is 6.62. The molecule has 2 aliphatic rings. The molecule has 1 aromatic carbocycles. The summed E-state index contributed by atoms with van der Waals surface area (Å²) in [5, 5.41) is 8.71. The van der Waals surface area contributed by atoms with Gasteiger partial charge in [-0.25, -0.2) is 0 Å². The van der Waals surface area contributed by atoms with Gasteiger partial charge >= 0.3 is 0 Å². The molecule has 0 N–H and O–H groups in total. The summed E-state index contributed by atoms with van der Waals surface area (Å²) < 4.78 is 0. The Kier molecular flexibility index (Phi) is 4.60. The Labute approximate surface area is 128 Å². The average Bonchev–Trinajstić information content (AvgIpc) is 2.53. The highest BCUT2D eigenvalue weighted by Crippen LogP contribution is 2.44. The van der Waals surface area contributed by atoms with E-state index in [-0.39, 0.29) is 0 Å². The van der Waals surface area contributed by atoms with Crippen LogP contribution in [0.1, 0.15) is 56.1 Å². The van der Waals surface area contributed by atoms with Gasteiger partial charge in [0.1, 0.15) is 0 Å². The maximum Gasteiger partial charge on any atom is 0.0669 e. The predicted octanol–water partition coefficient (Wildman–Crippen LogP) is 4.30. The first-order chi connectivity index (χ1) is 10.3. The second-order valence-electron chi connectivity index (χ2n) is 6.99. The lowest BCUT2D eigenvalue weighted by Crippen LogP contribution is -2.40. The van der Waals surface area contributed by atoms with Crippen molar-refractivity contribution in [2.45, 2.75) is 57.9 Å². The van der Waals surface area contributed by atoms with Crippen molar-refractivity contribution in [3.05, 3.63) is 35.4 Å². The molecule has 112 valence electrons. The van der Waals surface area contributed by atoms with E-state index < -0.39 is 0 Å². The third-order valence-electron chi connectivity index (χ3n) is 5.54. The van der Waals surface area contributed by atoms with Crippen LogP contribution in [0.2, 0.25) is 0 Å². The molecule has 0 unspecified atom stereocenters. The van der Waals surface area contributed by atoms with Gasteiger partial charge in [0, 0.05) is 6.54 Å². The molecule has 1 saturated carbocycles. The first-order valence-corrected chi connectivity index (χ1v) is 8.47. The molecule has 2 nitrogen and oxygen atoms in total. The first kappa shape index (κ1) is 14.6. The van der Waals surface area contributed by atoms with Crippen molar-refractivity contribution in [3.63, 3.8) is 0 Å². The molecule has 2 fully saturated rings. The van der Waals surface area contributed by atoms with Gasteiger partial charge in [-0.3, -0.25) is 4.90 Å². The van der Waals surface area contributed by atoms with E-state index in [9.17, 15) is 0 Å². The number of nitriles is 1. The predicted molar refractivity (Wildman–Crippen MR) is 85.8 cm³/mol. The minimum atomic E-state index is 0.520. The van der Waals surface area contributed by atoms with Gasteiger partial charge in [-0.2, -0.15) is 5.26 Å². The Morgan fingerprint density at radius 1 is 0.905 bits per heavy atom. The molecule has 1 aliphatic heterocycles. The Balaban J connectivity index is 1.52. The lowest BCUT2D eigenvalue weighted by atomic mass is 9.68. The maximum absolute atomic E-state index is 8.71. The Hall–Kier alpha value is -1.33. The fourth-order valence-corrected chi connectivity index (χ4v) is 4.10. The van der Waals surface area contributed by atoms with Gasteiger partial charge in [0.15, 0.2) is 0 Å². The summed E-state index contributed by atoms with van der Waals surface area (Å²) in [6, 6.07) is 10.8. The normalized spacial score (nSPS) is 22.0. The maximum atomic E-state index is 8.71. The fourth-order valence-electron chi connectivity index (χ4n) is 4.10. The summed E-state index contributed by atoms with van der Waals surface area (Å²) in [6.45, 7) is 3.60. The van der Waals surface area contributed by atoms with Gasteiger partial charge in [-0.15, -0.1) is 0 Å². The summed E-state index contributed by atoms with van der Waals surface area (Å²) in [7, 11) is 0. The highest BCUT2D eigenvalue weighted by atomic mass is 15.1.